The highest BCUT2D eigenvalue weighted by Crippen LogP contribution is 2.23. The van der Waals surface area contributed by atoms with Crippen molar-refractivity contribution in [2.45, 2.75) is 44.6 Å². The molecule has 0 spiro atoms. The van der Waals surface area contributed by atoms with Gasteiger partial charge in [0.1, 0.15) is 12.1 Å². The van der Waals surface area contributed by atoms with Gasteiger partial charge in [-0.25, -0.2) is 0 Å². The van der Waals surface area contributed by atoms with Crippen LogP contribution in [0.5, 0.6) is 0 Å². The van der Waals surface area contributed by atoms with E-state index < -0.39 is 30.3 Å². The van der Waals surface area contributed by atoms with E-state index in [1.807, 2.05) is 18.4 Å². The van der Waals surface area contributed by atoms with Crippen molar-refractivity contribution in [1.29, 1.82) is 0 Å². The van der Waals surface area contributed by atoms with Crippen molar-refractivity contribution in [3.05, 3.63) is 22.4 Å². The first-order valence-electron chi connectivity index (χ1n) is 5.85. The molecular formula is C12H19NO4S. The highest BCUT2D eigenvalue weighted by molar-refractivity contribution is 7.10. The number of aliphatic hydroxyl groups is 2. The van der Waals surface area contributed by atoms with E-state index in [1.165, 1.54) is 18.3 Å². The molecule has 1 aromatic heterocycles. The Morgan fingerprint density at radius 3 is 2.56 bits per heavy atom. The maximum atomic E-state index is 11.0. The van der Waals surface area contributed by atoms with Gasteiger partial charge in [0, 0.05) is 10.9 Å². The number of aliphatic hydroxyl groups excluding tert-OH is 2. The summed E-state index contributed by atoms with van der Waals surface area (Å²) in [7, 11) is 0. The molecule has 0 aliphatic heterocycles. The summed E-state index contributed by atoms with van der Waals surface area (Å²) in [4.78, 5) is 11.8. The van der Waals surface area contributed by atoms with Gasteiger partial charge in [-0.1, -0.05) is 13.0 Å². The highest BCUT2D eigenvalue weighted by atomic mass is 32.1. The van der Waals surface area contributed by atoms with Crippen LogP contribution in [0.1, 0.15) is 31.2 Å². The molecule has 5 nitrogen and oxygen atoms in total. The summed E-state index contributed by atoms with van der Waals surface area (Å²) in [5.41, 5.74) is 0. The molecule has 4 N–H and O–H groups in total. The summed E-state index contributed by atoms with van der Waals surface area (Å²) in [5.74, 6) is -1.12. The van der Waals surface area contributed by atoms with Crippen LogP contribution in [-0.2, 0) is 4.79 Å². The van der Waals surface area contributed by atoms with Gasteiger partial charge in [0.05, 0.1) is 6.10 Å². The maximum absolute atomic E-state index is 11.0. The Morgan fingerprint density at radius 2 is 2.17 bits per heavy atom. The van der Waals surface area contributed by atoms with Crippen LogP contribution in [0.15, 0.2) is 17.5 Å². The lowest BCUT2D eigenvalue weighted by Crippen LogP contribution is -2.51. The monoisotopic (exact) mass is 273 g/mol. The third kappa shape index (κ3) is 3.78. The van der Waals surface area contributed by atoms with Gasteiger partial charge in [-0.05, 0) is 24.8 Å². The second-order valence-corrected chi connectivity index (χ2v) is 5.18. The fourth-order valence-electron chi connectivity index (χ4n) is 1.74. The number of carboxylic acids is 1. The summed E-state index contributed by atoms with van der Waals surface area (Å²) < 4.78 is 0. The van der Waals surface area contributed by atoms with E-state index in [0.717, 1.165) is 4.88 Å². The maximum Gasteiger partial charge on any atom is 0.323 e. The van der Waals surface area contributed by atoms with E-state index in [0.29, 0.717) is 6.42 Å². The SMILES string of the molecule is CCC(NC(C(=O)O)C(C)O)C(O)c1cccs1. The van der Waals surface area contributed by atoms with Crippen molar-refractivity contribution >= 4 is 17.3 Å². The Bertz CT molecular complexity index is 366. The fraction of sp³-hybridized carbons (Fsp3) is 0.583. The van der Waals surface area contributed by atoms with Gasteiger partial charge >= 0.3 is 5.97 Å². The van der Waals surface area contributed by atoms with Crippen LogP contribution in [0.2, 0.25) is 0 Å². The van der Waals surface area contributed by atoms with Crippen molar-refractivity contribution in [2.75, 3.05) is 0 Å². The third-order valence-electron chi connectivity index (χ3n) is 2.80. The van der Waals surface area contributed by atoms with Crippen LogP contribution >= 0.6 is 11.3 Å². The zero-order valence-electron chi connectivity index (χ0n) is 10.4. The minimum atomic E-state index is -1.12. The average molecular weight is 273 g/mol. The van der Waals surface area contributed by atoms with Crippen molar-refractivity contribution in [1.82, 2.24) is 5.32 Å². The average Bonchev–Trinajstić information content (AvgIpc) is 2.81. The smallest absolute Gasteiger partial charge is 0.323 e. The fourth-order valence-corrected chi connectivity index (χ4v) is 2.51. The lowest BCUT2D eigenvalue weighted by Gasteiger charge is -2.27. The molecule has 0 radical (unpaired) electrons. The predicted molar refractivity (Wildman–Crippen MR) is 69.6 cm³/mol. The molecule has 4 unspecified atom stereocenters. The first kappa shape index (κ1) is 15.1. The largest absolute Gasteiger partial charge is 0.480 e. The summed E-state index contributed by atoms with van der Waals surface area (Å²) in [5, 5.41) is 33.2. The first-order chi connectivity index (χ1) is 8.47. The summed E-state index contributed by atoms with van der Waals surface area (Å²) in [6.45, 7) is 3.27. The molecular weight excluding hydrogens is 254 g/mol. The third-order valence-corrected chi connectivity index (χ3v) is 3.74. The van der Waals surface area contributed by atoms with Crippen LogP contribution in [0.25, 0.3) is 0 Å². The van der Waals surface area contributed by atoms with E-state index in [9.17, 15) is 15.0 Å². The lowest BCUT2D eigenvalue weighted by atomic mass is 10.0. The number of hydrogen-bond donors (Lipinski definition) is 4. The van der Waals surface area contributed by atoms with E-state index in [2.05, 4.69) is 5.32 Å². The summed E-state index contributed by atoms with van der Waals surface area (Å²) in [6.07, 6.45) is -1.22. The molecule has 0 aliphatic rings. The van der Waals surface area contributed by atoms with Crippen LogP contribution in [-0.4, -0.2) is 39.5 Å². The predicted octanol–water partition coefficient (Wildman–Crippen LogP) is 0.984. The Labute approximate surface area is 110 Å². The molecule has 18 heavy (non-hydrogen) atoms. The minimum Gasteiger partial charge on any atom is -0.480 e. The van der Waals surface area contributed by atoms with Crippen LogP contribution in [0, 0.1) is 0 Å². The van der Waals surface area contributed by atoms with Gasteiger partial charge in [0.25, 0.3) is 0 Å². The van der Waals surface area contributed by atoms with Crippen LogP contribution in [0.4, 0.5) is 0 Å². The molecule has 1 aromatic rings. The molecule has 0 aliphatic carbocycles. The molecule has 0 aromatic carbocycles. The molecule has 0 amide bonds. The Hall–Kier alpha value is -0.950. The number of rotatable bonds is 7. The van der Waals surface area contributed by atoms with Gasteiger partial charge in [-0.2, -0.15) is 0 Å². The molecule has 0 bridgehead atoms. The van der Waals surface area contributed by atoms with Crippen LogP contribution < -0.4 is 5.32 Å². The van der Waals surface area contributed by atoms with Crippen LogP contribution in [0.3, 0.4) is 0 Å². The minimum absolute atomic E-state index is 0.403. The molecule has 0 saturated carbocycles. The van der Waals surface area contributed by atoms with E-state index >= 15 is 0 Å². The molecule has 0 saturated heterocycles. The van der Waals surface area contributed by atoms with Crippen molar-refractivity contribution in [3.63, 3.8) is 0 Å². The van der Waals surface area contributed by atoms with Gasteiger partial charge in [0.2, 0.25) is 0 Å². The van der Waals surface area contributed by atoms with E-state index in [-0.39, 0.29) is 0 Å². The topological polar surface area (TPSA) is 89.8 Å². The molecule has 0 fully saturated rings. The number of carboxylic acid groups (broad SMARTS) is 1. The quantitative estimate of drug-likeness (QED) is 0.595. The van der Waals surface area contributed by atoms with E-state index in [1.54, 1.807) is 6.07 Å². The van der Waals surface area contributed by atoms with Gasteiger partial charge in [-0.3, -0.25) is 10.1 Å². The molecule has 1 rings (SSSR count). The lowest BCUT2D eigenvalue weighted by molar-refractivity contribution is -0.142. The Morgan fingerprint density at radius 1 is 1.50 bits per heavy atom. The summed E-state index contributed by atoms with van der Waals surface area (Å²) in [6, 6.07) is 2.15. The van der Waals surface area contributed by atoms with Gasteiger partial charge < -0.3 is 15.3 Å². The molecule has 6 heteroatoms. The normalized spacial score (nSPS) is 18.0. The molecule has 4 atom stereocenters. The second-order valence-electron chi connectivity index (χ2n) is 4.20. The second kappa shape index (κ2) is 6.84. The van der Waals surface area contributed by atoms with Gasteiger partial charge in [0.15, 0.2) is 0 Å². The Balaban J connectivity index is 2.74. The van der Waals surface area contributed by atoms with Crippen molar-refractivity contribution in [3.8, 4) is 0 Å². The molecule has 1 heterocycles. The van der Waals surface area contributed by atoms with Crippen molar-refractivity contribution in [2.24, 2.45) is 0 Å². The number of nitrogens with one attached hydrogen (secondary N) is 1. The number of aliphatic carboxylic acids is 1. The van der Waals surface area contributed by atoms with Crippen molar-refractivity contribution < 1.29 is 20.1 Å². The summed E-state index contributed by atoms with van der Waals surface area (Å²) >= 11 is 1.42. The standard InChI is InChI=1S/C12H19NO4S/c1-3-8(11(15)9-5-4-6-18-9)13-10(7(2)14)12(16)17/h4-8,10-11,13-15H,3H2,1-2H3,(H,16,17). The highest BCUT2D eigenvalue weighted by Gasteiger charge is 2.29. The zero-order valence-corrected chi connectivity index (χ0v) is 11.2. The number of carbonyl (C=O) groups is 1. The zero-order chi connectivity index (χ0) is 13.7. The molecule has 102 valence electrons. The van der Waals surface area contributed by atoms with E-state index in [4.69, 9.17) is 5.11 Å². The first-order valence-corrected chi connectivity index (χ1v) is 6.73. The number of hydrogen-bond acceptors (Lipinski definition) is 5. The number of thiophene rings is 1. The Kier molecular flexibility index (Phi) is 5.74. The van der Waals surface area contributed by atoms with Gasteiger partial charge in [-0.15, -0.1) is 11.3 Å².